The molecule has 0 saturated carbocycles. The zero-order chi connectivity index (χ0) is 10.7. The highest BCUT2D eigenvalue weighted by Crippen LogP contribution is 2.10. The molecule has 3 nitrogen and oxygen atoms in total. The fourth-order valence-corrected chi connectivity index (χ4v) is 1.35. The molecule has 0 aliphatic heterocycles. The minimum Gasteiger partial charge on any atom is -0.384 e. The van der Waals surface area contributed by atoms with Gasteiger partial charge in [-0.3, -0.25) is 4.79 Å². The van der Waals surface area contributed by atoms with E-state index in [1.165, 1.54) is 6.20 Å². The third kappa shape index (κ3) is 2.02. The van der Waals surface area contributed by atoms with Crippen LogP contribution in [0.2, 0.25) is 0 Å². The van der Waals surface area contributed by atoms with Gasteiger partial charge in [0.2, 0.25) is 0 Å². The third-order valence-electron chi connectivity index (χ3n) is 2.08. The number of nitrogen functional groups attached to an aromatic ring is 1. The molecule has 2 N–H and O–H groups in total. The van der Waals surface area contributed by atoms with E-state index in [-0.39, 0.29) is 5.78 Å². The maximum absolute atomic E-state index is 11.9. The van der Waals surface area contributed by atoms with E-state index < -0.39 is 0 Å². The van der Waals surface area contributed by atoms with Gasteiger partial charge in [0, 0.05) is 17.3 Å². The van der Waals surface area contributed by atoms with Crippen molar-refractivity contribution in [3.8, 4) is 0 Å². The quantitative estimate of drug-likeness (QED) is 0.750. The molecule has 0 aliphatic rings. The first-order valence-corrected chi connectivity index (χ1v) is 4.58. The molecule has 0 aliphatic carbocycles. The molecule has 0 radical (unpaired) electrons. The van der Waals surface area contributed by atoms with Crippen LogP contribution in [0.5, 0.6) is 0 Å². The molecule has 1 aromatic heterocycles. The molecule has 2 aromatic rings. The molecule has 0 spiro atoms. The lowest BCUT2D eigenvalue weighted by Gasteiger charge is -2.00. The van der Waals surface area contributed by atoms with Crippen LogP contribution >= 0.6 is 0 Å². The standard InChI is InChI=1S/C12H10N2O/c13-11-8-10(6-7-14-11)12(15)9-4-2-1-3-5-9/h1-8H,(H2,13,14). The first kappa shape index (κ1) is 9.40. The molecule has 0 fully saturated rings. The summed E-state index contributed by atoms with van der Waals surface area (Å²) in [6.07, 6.45) is 1.53. The zero-order valence-electron chi connectivity index (χ0n) is 8.05. The van der Waals surface area contributed by atoms with Crippen LogP contribution in [0.15, 0.2) is 48.7 Å². The van der Waals surface area contributed by atoms with Crippen LogP contribution in [0.3, 0.4) is 0 Å². The molecule has 3 heteroatoms. The number of nitrogens with zero attached hydrogens (tertiary/aromatic N) is 1. The van der Waals surface area contributed by atoms with E-state index in [0.29, 0.717) is 16.9 Å². The molecule has 1 aromatic carbocycles. The number of ketones is 1. The molecule has 74 valence electrons. The number of pyridine rings is 1. The topological polar surface area (TPSA) is 56.0 Å². The average molecular weight is 198 g/mol. The zero-order valence-corrected chi connectivity index (χ0v) is 8.05. The molecule has 0 amide bonds. The summed E-state index contributed by atoms with van der Waals surface area (Å²) in [6, 6.07) is 12.3. The van der Waals surface area contributed by atoms with Crippen LogP contribution in [0, 0.1) is 0 Å². The van der Waals surface area contributed by atoms with E-state index in [1.807, 2.05) is 18.2 Å². The number of nitrogens with two attached hydrogens (primary N) is 1. The van der Waals surface area contributed by atoms with Gasteiger partial charge in [-0.1, -0.05) is 30.3 Å². The van der Waals surface area contributed by atoms with Crippen molar-refractivity contribution in [1.82, 2.24) is 4.98 Å². The molecule has 2 rings (SSSR count). The predicted molar refractivity (Wildman–Crippen MR) is 58.5 cm³/mol. The summed E-state index contributed by atoms with van der Waals surface area (Å²) < 4.78 is 0. The van der Waals surface area contributed by atoms with Gasteiger partial charge in [-0.15, -0.1) is 0 Å². The number of benzene rings is 1. The van der Waals surface area contributed by atoms with Crippen molar-refractivity contribution in [3.63, 3.8) is 0 Å². The van der Waals surface area contributed by atoms with Crippen LogP contribution in [0.1, 0.15) is 15.9 Å². The number of anilines is 1. The lowest BCUT2D eigenvalue weighted by atomic mass is 10.0. The number of hydrogen-bond donors (Lipinski definition) is 1. The van der Waals surface area contributed by atoms with Gasteiger partial charge in [0.15, 0.2) is 5.78 Å². The monoisotopic (exact) mass is 198 g/mol. The van der Waals surface area contributed by atoms with E-state index in [1.54, 1.807) is 24.3 Å². The molecule has 0 saturated heterocycles. The van der Waals surface area contributed by atoms with Crippen LogP contribution in [0.25, 0.3) is 0 Å². The molecule has 0 atom stereocenters. The van der Waals surface area contributed by atoms with E-state index in [0.717, 1.165) is 0 Å². The predicted octanol–water partition coefficient (Wildman–Crippen LogP) is 1.89. The lowest BCUT2D eigenvalue weighted by molar-refractivity contribution is 0.103. The Morgan fingerprint density at radius 1 is 1.07 bits per heavy atom. The van der Waals surface area contributed by atoms with E-state index in [2.05, 4.69) is 4.98 Å². The summed E-state index contributed by atoms with van der Waals surface area (Å²) in [5.41, 5.74) is 6.73. The summed E-state index contributed by atoms with van der Waals surface area (Å²) >= 11 is 0. The van der Waals surface area contributed by atoms with E-state index in [4.69, 9.17) is 5.73 Å². The number of rotatable bonds is 2. The second-order valence-corrected chi connectivity index (χ2v) is 3.16. The van der Waals surface area contributed by atoms with Gasteiger partial charge in [-0.2, -0.15) is 0 Å². The Morgan fingerprint density at radius 3 is 2.47 bits per heavy atom. The van der Waals surface area contributed by atoms with Crippen molar-refractivity contribution in [2.45, 2.75) is 0 Å². The van der Waals surface area contributed by atoms with Crippen molar-refractivity contribution in [2.75, 3.05) is 5.73 Å². The number of hydrogen-bond acceptors (Lipinski definition) is 3. The minimum atomic E-state index is -0.0373. The highest BCUT2D eigenvalue weighted by atomic mass is 16.1. The van der Waals surface area contributed by atoms with Crippen molar-refractivity contribution < 1.29 is 4.79 Å². The third-order valence-corrected chi connectivity index (χ3v) is 2.08. The van der Waals surface area contributed by atoms with Crippen LogP contribution in [-0.4, -0.2) is 10.8 Å². The minimum absolute atomic E-state index is 0.0373. The fraction of sp³-hybridized carbons (Fsp3) is 0. The highest BCUT2D eigenvalue weighted by molar-refractivity contribution is 6.09. The second kappa shape index (κ2) is 3.92. The van der Waals surface area contributed by atoms with Gasteiger partial charge in [0.1, 0.15) is 5.82 Å². The Labute approximate surface area is 87.6 Å². The van der Waals surface area contributed by atoms with Crippen LogP contribution < -0.4 is 5.73 Å². The maximum Gasteiger partial charge on any atom is 0.193 e. The fourth-order valence-electron chi connectivity index (χ4n) is 1.35. The Balaban J connectivity index is 2.37. The summed E-state index contributed by atoms with van der Waals surface area (Å²) in [4.78, 5) is 15.8. The summed E-state index contributed by atoms with van der Waals surface area (Å²) in [5.74, 6) is 0.321. The Hall–Kier alpha value is -2.16. The molecule has 0 bridgehead atoms. The SMILES string of the molecule is Nc1cc(C(=O)c2ccccc2)ccn1. The summed E-state index contributed by atoms with van der Waals surface area (Å²) in [6.45, 7) is 0. The summed E-state index contributed by atoms with van der Waals surface area (Å²) in [7, 11) is 0. The first-order valence-electron chi connectivity index (χ1n) is 4.58. The molecule has 1 heterocycles. The normalized spacial score (nSPS) is 9.87. The van der Waals surface area contributed by atoms with Gasteiger partial charge in [0.05, 0.1) is 0 Å². The molecule has 0 unspecified atom stereocenters. The van der Waals surface area contributed by atoms with Gasteiger partial charge >= 0.3 is 0 Å². The van der Waals surface area contributed by atoms with E-state index >= 15 is 0 Å². The number of carbonyl (C=O) groups excluding carboxylic acids is 1. The number of aromatic nitrogens is 1. The van der Waals surface area contributed by atoms with Crippen molar-refractivity contribution >= 4 is 11.6 Å². The summed E-state index contributed by atoms with van der Waals surface area (Å²) in [5, 5.41) is 0. The smallest absolute Gasteiger partial charge is 0.193 e. The molecular formula is C12H10N2O. The van der Waals surface area contributed by atoms with Gasteiger partial charge in [0.25, 0.3) is 0 Å². The highest BCUT2D eigenvalue weighted by Gasteiger charge is 2.08. The maximum atomic E-state index is 11.9. The Morgan fingerprint density at radius 2 is 1.80 bits per heavy atom. The van der Waals surface area contributed by atoms with Crippen LogP contribution in [0.4, 0.5) is 5.82 Å². The molecular weight excluding hydrogens is 188 g/mol. The first-order chi connectivity index (χ1) is 7.27. The van der Waals surface area contributed by atoms with Gasteiger partial charge < -0.3 is 5.73 Å². The van der Waals surface area contributed by atoms with Gasteiger partial charge in [-0.25, -0.2) is 4.98 Å². The lowest BCUT2D eigenvalue weighted by Crippen LogP contribution is -2.02. The van der Waals surface area contributed by atoms with Crippen LogP contribution in [-0.2, 0) is 0 Å². The number of carbonyl (C=O) groups is 1. The largest absolute Gasteiger partial charge is 0.384 e. The van der Waals surface area contributed by atoms with Crippen molar-refractivity contribution in [1.29, 1.82) is 0 Å². The molecule has 15 heavy (non-hydrogen) atoms. The second-order valence-electron chi connectivity index (χ2n) is 3.16. The Kier molecular flexibility index (Phi) is 2.46. The van der Waals surface area contributed by atoms with Crippen molar-refractivity contribution in [3.05, 3.63) is 59.8 Å². The average Bonchev–Trinajstić information content (AvgIpc) is 2.29. The van der Waals surface area contributed by atoms with Gasteiger partial charge in [-0.05, 0) is 12.1 Å². The van der Waals surface area contributed by atoms with Crippen molar-refractivity contribution in [2.24, 2.45) is 0 Å². The van der Waals surface area contributed by atoms with E-state index in [9.17, 15) is 4.79 Å². The Bertz CT molecular complexity index is 480.